The van der Waals surface area contributed by atoms with Crippen molar-refractivity contribution < 1.29 is 50.9 Å². The maximum Gasteiger partial charge on any atom is 0.509 e. The summed E-state index contributed by atoms with van der Waals surface area (Å²) in [5.41, 5.74) is -0.292. The number of carbonyl (C=O) groups is 2. The molecule has 0 amide bonds. The number of unbranched alkanes of at least 4 members (excludes halogenated alkanes) is 7. The molecule has 1 aliphatic carbocycles. The molecule has 3 aliphatic rings. The molecule has 1 saturated carbocycles. The fourth-order valence-corrected chi connectivity index (χ4v) is 10.6. The number of aromatic nitrogens is 2. The molecule has 2 aromatic rings. The number of fused-ring (bicyclic) bond motifs is 2. The molecule has 18 heteroatoms. The molecule has 5 atom stereocenters. The Balaban J connectivity index is 1.18. The highest BCUT2D eigenvalue weighted by molar-refractivity contribution is 7.97. The van der Waals surface area contributed by atoms with Gasteiger partial charge in [0.15, 0.2) is 38.9 Å². The van der Waals surface area contributed by atoms with E-state index in [4.69, 9.17) is 35.1 Å². The number of anilines is 1. The molecule has 4 heterocycles. The summed E-state index contributed by atoms with van der Waals surface area (Å²) < 4.78 is 66.8. The topological polar surface area (TPSA) is 205 Å². The van der Waals surface area contributed by atoms with Gasteiger partial charge in [-0.3, -0.25) is 13.9 Å². The van der Waals surface area contributed by atoms with Crippen LogP contribution < -0.4 is 5.32 Å². The average molecular weight is 759 g/mol. The fraction of sp³-hybridized carbons (Fsp3) is 0.688. The Kier molecular flexibility index (Phi) is 13.1. The Labute approximate surface area is 296 Å². The molecular formula is C32H44ClN4O11PS. The minimum Gasteiger partial charge on any atom is -0.438 e. The van der Waals surface area contributed by atoms with Crippen molar-refractivity contribution in [1.29, 1.82) is 5.26 Å². The molecule has 2 N–H and O–H groups in total. The van der Waals surface area contributed by atoms with E-state index in [0.717, 1.165) is 51.4 Å². The van der Waals surface area contributed by atoms with Gasteiger partial charge >= 0.3 is 19.7 Å². The number of hydrogen-bond acceptors (Lipinski definition) is 13. The number of ether oxygens (including phenoxy) is 4. The highest BCUT2D eigenvalue weighted by Crippen LogP contribution is 2.45. The van der Waals surface area contributed by atoms with Crippen LogP contribution in [0.1, 0.15) is 102 Å². The summed E-state index contributed by atoms with van der Waals surface area (Å²) in [7, 11) is -9.14. The lowest BCUT2D eigenvalue weighted by atomic mass is 10.1. The second-order valence-electron chi connectivity index (χ2n) is 13.0. The van der Waals surface area contributed by atoms with Crippen LogP contribution in [0.25, 0.3) is 11.0 Å². The minimum absolute atomic E-state index is 0.0497. The first-order valence-corrected chi connectivity index (χ1v) is 21.1. The van der Waals surface area contributed by atoms with Gasteiger partial charge in [0.1, 0.15) is 23.4 Å². The number of halogens is 1. The third kappa shape index (κ3) is 9.68. The maximum absolute atomic E-state index is 13.1. The molecule has 0 bridgehead atoms. The number of esters is 1. The van der Waals surface area contributed by atoms with Gasteiger partial charge in [0.05, 0.1) is 11.4 Å². The maximum atomic E-state index is 13.1. The summed E-state index contributed by atoms with van der Waals surface area (Å²) in [4.78, 5) is 38.9. The normalized spacial score (nSPS) is 23.3. The largest absolute Gasteiger partial charge is 0.509 e. The van der Waals surface area contributed by atoms with Crippen LogP contribution in [0.15, 0.2) is 12.3 Å². The summed E-state index contributed by atoms with van der Waals surface area (Å²) in [6.07, 6.45) is 8.37. The fourth-order valence-electron chi connectivity index (χ4n) is 6.69. The van der Waals surface area contributed by atoms with Crippen LogP contribution in [-0.2, 0) is 42.7 Å². The van der Waals surface area contributed by atoms with Gasteiger partial charge in [0.2, 0.25) is 6.79 Å². The van der Waals surface area contributed by atoms with Gasteiger partial charge in [0, 0.05) is 24.0 Å². The van der Waals surface area contributed by atoms with E-state index in [1.807, 2.05) is 0 Å². The van der Waals surface area contributed by atoms with Gasteiger partial charge in [-0.2, -0.15) is 5.26 Å². The molecule has 0 aromatic carbocycles. The zero-order valence-electron chi connectivity index (χ0n) is 28.0. The lowest BCUT2D eigenvalue weighted by Gasteiger charge is -2.20. The second kappa shape index (κ2) is 17.1. The molecular weight excluding hydrogens is 715 g/mol. The predicted molar refractivity (Wildman–Crippen MR) is 182 cm³/mol. The van der Waals surface area contributed by atoms with Crippen molar-refractivity contribution in [2.24, 2.45) is 0 Å². The van der Waals surface area contributed by atoms with Crippen LogP contribution in [0, 0.1) is 11.3 Å². The van der Waals surface area contributed by atoms with E-state index in [1.54, 1.807) is 12.3 Å². The highest BCUT2D eigenvalue weighted by Gasteiger charge is 2.56. The van der Waals surface area contributed by atoms with E-state index >= 15 is 0 Å². The van der Waals surface area contributed by atoms with E-state index in [1.165, 1.54) is 23.8 Å². The summed E-state index contributed by atoms with van der Waals surface area (Å²) in [6.45, 7) is 1.28. The third-order valence-electron chi connectivity index (χ3n) is 9.14. The number of hydrogen-bond donors (Lipinski definition) is 2. The smallest absolute Gasteiger partial charge is 0.438 e. The number of sulfone groups is 1. The van der Waals surface area contributed by atoms with Crippen LogP contribution in [-0.4, -0.2) is 77.4 Å². The van der Waals surface area contributed by atoms with E-state index in [9.17, 15) is 32.7 Å². The first-order valence-electron chi connectivity index (χ1n) is 17.1. The first kappa shape index (κ1) is 38.3. The molecule has 2 saturated heterocycles. The molecule has 50 heavy (non-hydrogen) atoms. The molecule has 276 valence electrons. The molecule has 0 spiro atoms. The lowest BCUT2D eigenvalue weighted by molar-refractivity contribution is -0.150. The molecule has 2 aromatic heterocycles. The number of nitrogens with zero attached hydrogens (tertiary/aromatic N) is 3. The van der Waals surface area contributed by atoms with Crippen LogP contribution in [0.4, 0.5) is 10.5 Å². The summed E-state index contributed by atoms with van der Waals surface area (Å²) in [5.74, 6) is -1.43. The van der Waals surface area contributed by atoms with Crippen molar-refractivity contribution in [3.05, 3.63) is 23.0 Å². The zero-order chi connectivity index (χ0) is 35.9. The Bertz CT molecular complexity index is 1730. The van der Waals surface area contributed by atoms with Crippen molar-refractivity contribution in [1.82, 2.24) is 9.55 Å². The quantitative estimate of drug-likeness (QED) is 0.0529. The predicted octanol–water partition coefficient (Wildman–Crippen LogP) is 6.32. The van der Waals surface area contributed by atoms with Crippen LogP contribution >= 0.6 is 19.2 Å². The Morgan fingerprint density at radius 2 is 1.84 bits per heavy atom. The van der Waals surface area contributed by atoms with Gasteiger partial charge in [0.25, 0.3) is 0 Å². The number of pyridine rings is 1. The van der Waals surface area contributed by atoms with Gasteiger partial charge in [-0.25, -0.2) is 18.2 Å². The molecule has 2 aliphatic heterocycles. The first-order chi connectivity index (χ1) is 23.9. The minimum atomic E-state index is -4.77. The van der Waals surface area contributed by atoms with E-state index in [0.29, 0.717) is 23.1 Å². The van der Waals surface area contributed by atoms with Gasteiger partial charge in [-0.1, -0.05) is 76.3 Å². The summed E-state index contributed by atoms with van der Waals surface area (Å²) >= 11 is 6.44. The molecule has 15 nitrogen and oxygen atoms in total. The molecule has 3 fully saturated rings. The van der Waals surface area contributed by atoms with Crippen molar-refractivity contribution >= 4 is 57.9 Å². The number of carbonyl (C=O) groups excluding carboxylic acids is 2. The third-order valence-corrected chi connectivity index (χ3v) is 13.6. The van der Waals surface area contributed by atoms with E-state index in [-0.39, 0.29) is 23.2 Å². The molecule has 5 rings (SSSR count). The number of rotatable bonds is 19. The van der Waals surface area contributed by atoms with Crippen molar-refractivity contribution in [2.45, 2.75) is 121 Å². The number of nitriles is 1. The Morgan fingerprint density at radius 1 is 1.16 bits per heavy atom. The summed E-state index contributed by atoms with van der Waals surface area (Å²) in [6, 6.07) is 3.96. The van der Waals surface area contributed by atoms with Gasteiger partial charge < -0.3 is 33.7 Å². The summed E-state index contributed by atoms with van der Waals surface area (Å²) in [5, 5.41) is 13.8. The van der Waals surface area contributed by atoms with Gasteiger partial charge in [-0.15, -0.1) is 0 Å². The lowest BCUT2D eigenvalue weighted by Crippen LogP contribution is -2.34. The second-order valence-corrected chi connectivity index (χ2v) is 17.7. The monoisotopic (exact) mass is 758 g/mol. The highest BCUT2D eigenvalue weighted by atomic mass is 35.5. The Morgan fingerprint density at radius 3 is 2.54 bits per heavy atom. The van der Waals surface area contributed by atoms with E-state index < -0.39 is 72.1 Å². The molecule has 1 unspecified atom stereocenters. The molecule has 0 radical (unpaired) electrons. The van der Waals surface area contributed by atoms with Crippen LogP contribution in [0.2, 0.25) is 5.15 Å². The zero-order valence-corrected chi connectivity index (χ0v) is 30.4. The van der Waals surface area contributed by atoms with Crippen LogP contribution in [0.5, 0.6) is 0 Å². The van der Waals surface area contributed by atoms with Crippen LogP contribution in [0.3, 0.4) is 0 Å². The van der Waals surface area contributed by atoms with Crippen molar-refractivity contribution in [2.75, 3.05) is 23.4 Å². The van der Waals surface area contributed by atoms with Crippen molar-refractivity contribution in [3.63, 3.8) is 0 Å². The van der Waals surface area contributed by atoms with Crippen molar-refractivity contribution in [3.8, 4) is 6.07 Å². The van der Waals surface area contributed by atoms with E-state index in [2.05, 4.69) is 23.3 Å². The van der Waals surface area contributed by atoms with Gasteiger partial charge in [-0.05, 0) is 25.3 Å². The standard InChI is InChI=1S/C32H44ClN4O11PS/c1-2-3-4-5-6-7-8-9-14-25(38)44-19-45-49(40,41)20-50(42,43)18-24-27-28(48-32(39)47-27)31(46-24)37-16-15-22-26(35-21-12-10-11-13-21)23(17-34)29(33)36-30(22)37/h15-16,21,24,27-28,31H,2-14,18-20H2,1H3,(H,35,36)(H,40,41)/t24-,27-,28-,31-/m1/s1. The average Bonchev–Trinajstić information content (AvgIpc) is 3.84. The number of nitrogens with one attached hydrogen (secondary N) is 1. The Hall–Kier alpha value is -2.93. The SMILES string of the molecule is CCCCCCCCCCC(=O)OCOP(=O)(O)CS(=O)(=O)C[C@H]1O[C@@H](n2ccc3c(NC4CCCC4)c(C#N)c(Cl)nc32)[C@@H]2OC(=O)O[C@@H]21.